The summed E-state index contributed by atoms with van der Waals surface area (Å²) in [6.45, 7) is 11.9. The Hall–Kier alpha value is -1.13. The van der Waals surface area contributed by atoms with Crippen molar-refractivity contribution in [3.63, 3.8) is 0 Å². The summed E-state index contributed by atoms with van der Waals surface area (Å²) < 4.78 is 11.5. The molecule has 2 rings (SSSR count). The zero-order valence-corrected chi connectivity index (χ0v) is 12.8. The molecule has 0 saturated heterocycles. The fraction of sp³-hybridized carbons (Fsp3) is 0.500. The third-order valence-corrected chi connectivity index (χ3v) is 8.24. The number of furan rings is 1. The number of nitrogens with zero attached hydrogens (tertiary/aromatic N) is 1. The molecule has 0 spiro atoms. The van der Waals surface area contributed by atoms with Crippen molar-refractivity contribution < 1.29 is 8.84 Å². The number of pyridine rings is 1. The first-order chi connectivity index (χ1) is 8.29. The molecule has 0 amide bonds. The van der Waals surface area contributed by atoms with Crippen LogP contribution in [0.5, 0.6) is 0 Å². The van der Waals surface area contributed by atoms with Crippen molar-refractivity contribution in [1.82, 2.24) is 4.98 Å². The van der Waals surface area contributed by atoms with Gasteiger partial charge in [0.1, 0.15) is 5.52 Å². The molecule has 0 N–H and O–H groups in total. The lowest BCUT2D eigenvalue weighted by Gasteiger charge is -2.36. The van der Waals surface area contributed by atoms with Crippen LogP contribution < -0.4 is 0 Å². The smallest absolute Gasteiger partial charge is 0.192 e. The maximum atomic E-state index is 6.16. The summed E-state index contributed by atoms with van der Waals surface area (Å²) in [5.74, 6) is 0. The van der Waals surface area contributed by atoms with Crippen LogP contribution in [-0.4, -0.2) is 13.3 Å². The molecule has 0 aliphatic rings. The van der Waals surface area contributed by atoms with Crippen LogP contribution in [0.1, 0.15) is 26.3 Å². The fourth-order valence-corrected chi connectivity index (χ4v) is 2.41. The molecule has 0 aliphatic carbocycles. The van der Waals surface area contributed by atoms with Gasteiger partial charge in [-0.05, 0) is 29.8 Å². The maximum absolute atomic E-state index is 6.16. The standard InChI is InChI=1S/C14H21NO2Si/c1-14(2,3)18(4,5)17-10-11-8-13-12(15-9-11)6-7-16-13/h6-9H,10H2,1-5H3. The summed E-state index contributed by atoms with van der Waals surface area (Å²) in [5.41, 5.74) is 2.79. The first-order valence-corrected chi connectivity index (χ1v) is 9.16. The fourth-order valence-electron chi connectivity index (χ4n) is 1.45. The van der Waals surface area contributed by atoms with Gasteiger partial charge in [-0.2, -0.15) is 0 Å². The van der Waals surface area contributed by atoms with Gasteiger partial charge in [0, 0.05) is 12.3 Å². The monoisotopic (exact) mass is 263 g/mol. The van der Waals surface area contributed by atoms with Gasteiger partial charge in [-0.1, -0.05) is 20.8 Å². The quantitative estimate of drug-likeness (QED) is 0.772. The van der Waals surface area contributed by atoms with E-state index in [0.717, 1.165) is 16.7 Å². The van der Waals surface area contributed by atoms with Crippen LogP contribution in [0.2, 0.25) is 18.1 Å². The van der Waals surface area contributed by atoms with Gasteiger partial charge in [0.15, 0.2) is 13.9 Å². The van der Waals surface area contributed by atoms with Gasteiger partial charge in [-0.3, -0.25) is 4.98 Å². The van der Waals surface area contributed by atoms with Crippen molar-refractivity contribution in [2.45, 2.75) is 45.5 Å². The van der Waals surface area contributed by atoms with E-state index in [1.54, 1.807) is 6.26 Å². The van der Waals surface area contributed by atoms with E-state index in [9.17, 15) is 0 Å². The third-order valence-electron chi connectivity index (χ3n) is 3.77. The van der Waals surface area contributed by atoms with Crippen molar-refractivity contribution in [2.75, 3.05) is 0 Å². The first kappa shape index (κ1) is 13.3. The second-order valence-electron chi connectivity index (χ2n) is 6.20. The lowest BCUT2D eigenvalue weighted by atomic mass is 10.2. The summed E-state index contributed by atoms with van der Waals surface area (Å²) in [4.78, 5) is 4.35. The minimum atomic E-state index is -1.70. The zero-order valence-electron chi connectivity index (χ0n) is 11.8. The van der Waals surface area contributed by atoms with E-state index >= 15 is 0 Å². The Labute approximate surface area is 109 Å². The van der Waals surface area contributed by atoms with E-state index in [1.165, 1.54) is 0 Å². The van der Waals surface area contributed by atoms with E-state index in [1.807, 2.05) is 18.3 Å². The molecule has 2 aromatic heterocycles. The Morgan fingerprint density at radius 1 is 1.33 bits per heavy atom. The molecule has 98 valence electrons. The summed E-state index contributed by atoms with van der Waals surface area (Å²) >= 11 is 0. The van der Waals surface area contributed by atoms with Gasteiger partial charge >= 0.3 is 0 Å². The van der Waals surface area contributed by atoms with Crippen molar-refractivity contribution in [3.8, 4) is 0 Å². The van der Waals surface area contributed by atoms with E-state index in [4.69, 9.17) is 8.84 Å². The molecule has 18 heavy (non-hydrogen) atoms. The summed E-state index contributed by atoms with van der Waals surface area (Å²) in [5, 5.41) is 0.231. The SMILES string of the molecule is CC(C)(C)[Si](C)(C)OCc1cnc2ccoc2c1. The maximum Gasteiger partial charge on any atom is 0.192 e. The molecule has 0 atom stereocenters. The normalized spacial score (nSPS) is 13.2. The Morgan fingerprint density at radius 2 is 2.06 bits per heavy atom. The molecule has 0 aliphatic heterocycles. The minimum Gasteiger partial charge on any atom is -0.463 e. The molecular formula is C14H21NO2Si. The molecule has 0 unspecified atom stereocenters. The average Bonchev–Trinajstić information content (AvgIpc) is 2.71. The number of rotatable bonds is 3. The second-order valence-corrected chi connectivity index (χ2v) is 11.0. The number of aromatic nitrogens is 1. The third kappa shape index (κ3) is 2.65. The Morgan fingerprint density at radius 3 is 2.72 bits per heavy atom. The van der Waals surface area contributed by atoms with Crippen LogP contribution in [-0.2, 0) is 11.0 Å². The van der Waals surface area contributed by atoms with Crippen molar-refractivity contribution in [2.24, 2.45) is 0 Å². The van der Waals surface area contributed by atoms with Gasteiger partial charge in [-0.25, -0.2) is 0 Å². The summed E-state index contributed by atoms with van der Waals surface area (Å²) in [6.07, 6.45) is 3.53. The molecule has 0 aromatic carbocycles. The summed E-state index contributed by atoms with van der Waals surface area (Å²) in [7, 11) is -1.70. The Bertz CT molecular complexity index is 540. The van der Waals surface area contributed by atoms with Crippen molar-refractivity contribution >= 4 is 19.4 Å². The van der Waals surface area contributed by atoms with Crippen LogP contribution in [0.4, 0.5) is 0 Å². The van der Waals surface area contributed by atoms with Crippen molar-refractivity contribution in [1.29, 1.82) is 0 Å². The minimum absolute atomic E-state index is 0.231. The largest absolute Gasteiger partial charge is 0.463 e. The van der Waals surface area contributed by atoms with E-state index in [-0.39, 0.29) is 5.04 Å². The molecule has 0 fully saturated rings. The van der Waals surface area contributed by atoms with Crippen molar-refractivity contribution in [3.05, 3.63) is 30.2 Å². The van der Waals surface area contributed by atoms with Crippen LogP contribution in [0.25, 0.3) is 11.1 Å². The molecule has 0 radical (unpaired) electrons. The average molecular weight is 263 g/mol. The highest BCUT2D eigenvalue weighted by atomic mass is 28.4. The Balaban J connectivity index is 2.10. The molecule has 3 nitrogen and oxygen atoms in total. The van der Waals surface area contributed by atoms with Gasteiger partial charge in [0.2, 0.25) is 0 Å². The first-order valence-electron chi connectivity index (χ1n) is 6.26. The lowest BCUT2D eigenvalue weighted by Crippen LogP contribution is -2.40. The van der Waals surface area contributed by atoms with Crippen LogP contribution >= 0.6 is 0 Å². The van der Waals surface area contributed by atoms with E-state index in [2.05, 4.69) is 38.8 Å². The molecule has 4 heteroatoms. The van der Waals surface area contributed by atoms with E-state index in [0.29, 0.717) is 6.61 Å². The predicted octanol–water partition coefficient (Wildman–Crippen LogP) is 4.35. The highest BCUT2D eigenvalue weighted by molar-refractivity contribution is 6.74. The highest BCUT2D eigenvalue weighted by Crippen LogP contribution is 2.37. The van der Waals surface area contributed by atoms with Crippen LogP contribution in [0, 0.1) is 0 Å². The molecular weight excluding hydrogens is 242 g/mol. The van der Waals surface area contributed by atoms with E-state index < -0.39 is 8.32 Å². The lowest BCUT2D eigenvalue weighted by molar-refractivity contribution is 0.276. The van der Waals surface area contributed by atoms with Gasteiger partial charge in [-0.15, -0.1) is 0 Å². The zero-order chi connectivity index (χ0) is 13.4. The number of hydrogen-bond donors (Lipinski definition) is 0. The molecule has 0 saturated carbocycles. The highest BCUT2D eigenvalue weighted by Gasteiger charge is 2.37. The van der Waals surface area contributed by atoms with Crippen LogP contribution in [0.3, 0.4) is 0 Å². The second kappa shape index (κ2) is 4.52. The van der Waals surface area contributed by atoms with Gasteiger partial charge < -0.3 is 8.84 Å². The van der Waals surface area contributed by atoms with Gasteiger partial charge in [0.05, 0.1) is 12.9 Å². The molecule has 0 bridgehead atoms. The Kier molecular flexibility index (Phi) is 3.34. The molecule has 2 aromatic rings. The summed E-state index contributed by atoms with van der Waals surface area (Å²) in [6, 6.07) is 3.88. The number of fused-ring (bicyclic) bond motifs is 1. The van der Waals surface area contributed by atoms with Crippen LogP contribution in [0.15, 0.2) is 29.0 Å². The predicted molar refractivity (Wildman–Crippen MR) is 76.0 cm³/mol. The topological polar surface area (TPSA) is 35.3 Å². The molecule has 2 heterocycles. The van der Waals surface area contributed by atoms with Gasteiger partial charge in [0.25, 0.3) is 0 Å². The number of hydrogen-bond acceptors (Lipinski definition) is 3.